The standard InChI is InChI=1S/C23H28FN5O/c1-14-21-18(13-20(16-5-6-16)25-22(21)29(4)27-14)23(30)26-19(11-12-28(2)3)15-7-9-17(24)10-8-15/h7-10,13,16,19H,5-6,11-12H2,1-4H3,(H,26,30). The molecule has 0 spiro atoms. The van der Waals surface area contributed by atoms with Crippen LogP contribution in [0.15, 0.2) is 30.3 Å². The summed E-state index contributed by atoms with van der Waals surface area (Å²) in [6.45, 7) is 2.70. The Hall–Kier alpha value is -2.80. The average Bonchev–Trinajstić information content (AvgIpc) is 3.51. The summed E-state index contributed by atoms with van der Waals surface area (Å²) in [6.07, 6.45) is 2.94. The lowest BCUT2D eigenvalue weighted by Crippen LogP contribution is -2.31. The lowest BCUT2D eigenvalue weighted by molar-refractivity contribution is 0.0934. The fourth-order valence-corrected chi connectivity index (χ4v) is 3.87. The van der Waals surface area contributed by atoms with Crippen molar-refractivity contribution in [1.82, 2.24) is 25.0 Å². The molecule has 1 aliphatic rings. The normalized spacial score (nSPS) is 15.0. The van der Waals surface area contributed by atoms with Gasteiger partial charge in [0.05, 0.1) is 22.7 Å². The van der Waals surface area contributed by atoms with Crippen molar-refractivity contribution >= 4 is 16.9 Å². The average molecular weight is 410 g/mol. The van der Waals surface area contributed by atoms with Gasteiger partial charge < -0.3 is 10.2 Å². The number of rotatable bonds is 7. The first-order valence-electron chi connectivity index (χ1n) is 10.4. The van der Waals surface area contributed by atoms with Gasteiger partial charge in [-0.1, -0.05) is 12.1 Å². The van der Waals surface area contributed by atoms with Crippen LogP contribution >= 0.6 is 0 Å². The van der Waals surface area contributed by atoms with Crippen LogP contribution in [0.3, 0.4) is 0 Å². The molecule has 0 bridgehead atoms. The number of fused-ring (bicyclic) bond motifs is 1. The van der Waals surface area contributed by atoms with E-state index in [1.807, 2.05) is 34.1 Å². The summed E-state index contributed by atoms with van der Waals surface area (Å²) in [6, 6.07) is 8.06. The van der Waals surface area contributed by atoms with E-state index in [-0.39, 0.29) is 17.8 Å². The van der Waals surface area contributed by atoms with Crippen LogP contribution in [-0.4, -0.2) is 46.2 Å². The Balaban J connectivity index is 1.69. The summed E-state index contributed by atoms with van der Waals surface area (Å²) in [5.74, 6) is -0.00129. The smallest absolute Gasteiger partial charge is 0.252 e. The van der Waals surface area contributed by atoms with Crippen molar-refractivity contribution in [2.45, 2.75) is 38.1 Å². The zero-order valence-electron chi connectivity index (χ0n) is 17.9. The van der Waals surface area contributed by atoms with Crippen molar-refractivity contribution in [3.63, 3.8) is 0 Å². The lowest BCUT2D eigenvalue weighted by Gasteiger charge is -2.22. The van der Waals surface area contributed by atoms with Crippen LogP contribution in [0.1, 0.15) is 58.5 Å². The summed E-state index contributed by atoms with van der Waals surface area (Å²) in [5.41, 5.74) is 4.00. The maximum Gasteiger partial charge on any atom is 0.252 e. The Labute approximate surface area is 176 Å². The van der Waals surface area contributed by atoms with Gasteiger partial charge in [-0.05, 0) is 70.6 Å². The largest absolute Gasteiger partial charge is 0.345 e. The number of nitrogens with one attached hydrogen (secondary N) is 1. The molecule has 2 aromatic heterocycles. The van der Waals surface area contributed by atoms with Gasteiger partial charge in [0.1, 0.15) is 5.82 Å². The number of nitrogens with zero attached hydrogens (tertiary/aromatic N) is 4. The number of halogens is 1. The minimum atomic E-state index is -0.285. The monoisotopic (exact) mass is 409 g/mol. The molecule has 1 N–H and O–H groups in total. The number of hydrogen-bond donors (Lipinski definition) is 1. The molecule has 1 saturated carbocycles. The van der Waals surface area contributed by atoms with Crippen molar-refractivity contribution in [2.75, 3.05) is 20.6 Å². The minimum Gasteiger partial charge on any atom is -0.345 e. The van der Waals surface area contributed by atoms with E-state index in [0.29, 0.717) is 11.5 Å². The second-order valence-electron chi connectivity index (χ2n) is 8.45. The van der Waals surface area contributed by atoms with E-state index < -0.39 is 0 Å². The molecule has 1 unspecified atom stereocenters. The molecular weight excluding hydrogens is 381 g/mol. The van der Waals surface area contributed by atoms with Gasteiger partial charge in [-0.15, -0.1) is 0 Å². The lowest BCUT2D eigenvalue weighted by atomic mass is 10.0. The Morgan fingerprint density at radius 3 is 2.63 bits per heavy atom. The minimum absolute atomic E-state index is 0.145. The topological polar surface area (TPSA) is 63.1 Å². The third-order valence-electron chi connectivity index (χ3n) is 5.67. The number of aryl methyl sites for hydroxylation is 2. The highest BCUT2D eigenvalue weighted by Crippen LogP contribution is 2.40. The Morgan fingerprint density at radius 1 is 1.30 bits per heavy atom. The second kappa shape index (κ2) is 8.14. The van der Waals surface area contributed by atoms with Crippen LogP contribution in [0.4, 0.5) is 4.39 Å². The Morgan fingerprint density at radius 2 is 2.00 bits per heavy atom. The van der Waals surface area contributed by atoms with Crippen molar-refractivity contribution in [3.05, 3.63) is 58.7 Å². The predicted octanol–water partition coefficient (Wildman–Crippen LogP) is 3.72. The van der Waals surface area contributed by atoms with Crippen molar-refractivity contribution in [2.24, 2.45) is 7.05 Å². The van der Waals surface area contributed by atoms with E-state index in [0.717, 1.165) is 53.8 Å². The highest BCUT2D eigenvalue weighted by molar-refractivity contribution is 6.06. The first-order chi connectivity index (χ1) is 14.3. The molecule has 1 aliphatic carbocycles. The van der Waals surface area contributed by atoms with E-state index >= 15 is 0 Å². The third-order valence-corrected chi connectivity index (χ3v) is 5.67. The fraction of sp³-hybridized carbons (Fsp3) is 0.435. The second-order valence-corrected chi connectivity index (χ2v) is 8.45. The van der Waals surface area contributed by atoms with Gasteiger partial charge in [0.2, 0.25) is 0 Å². The molecule has 1 aromatic carbocycles. The van der Waals surface area contributed by atoms with Crippen molar-refractivity contribution in [1.29, 1.82) is 0 Å². The molecule has 1 amide bonds. The van der Waals surface area contributed by atoms with E-state index in [1.54, 1.807) is 16.8 Å². The summed E-state index contributed by atoms with van der Waals surface area (Å²) in [5, 5.41) is 8.47. The highest BCUT2D eigenvalue weighted by atomic mass is 19.1. The molecule has 1 atom stereocenters. The van der Waals surface area contributed by atoms with E-state index in [9.17, 15) is 9.18 Å². The molecule has 7 heteroatoms. The zero-order valence-corrected chi connectivity index (χ0v) is 17.9. The van der Waals surface area contributed by atoms with Crippen LogP contribution in [-0.2, 0) is 7.05 Å². The van der Waals surface area contributed by atoms with Gasteiger partial charge in [0.25, 0.3) is 5.91 Å². The molecule has 0 radical (unpaired) electrons. The maximum absolute atomic E-state index is 13.4. The van der Waals surface area contributed by atoms with Gasteiger partial charge in [0, 0.05) is 18.7 Å². The molecule has 2 heterocycles. The molecule has 30 heavy (non-hydrogen) atoms. The summed E-state index contributed by atoms with van der Waals surface area (Å²) in [4.78, 5) is 20.3. The SMILES string of the molecule is Cc1nn(C)c2nc(C3CC3)cc(C(=O)NC(CCN(C)C)c3ccc(F)cc3)c12. The van der Waals surface area contributed by atoms with Crippen LogP contribution in [0.25, 0.3) is 11.0 Å². The van der Waals surface area contributed by atoms with Gasteiger partial charge in [-0.3, -0.25) is 9.48 Å². The van der Waals surface area contributed by atoms with Gasteiger partial charge in [-0.25, -0.2) is 9.37 Å². The van der Waals surface area contributed by atoms with Crippen LogP contribution in [0, 0.1) is 12.7 Å². The Kier molecular flexibility index (Phi) is 5.56. The predicted molar refractivity (Wildman–Crippen MR) is 115 cm³/mol. The van der Waals surface area contributed by atoms with Gasteiger partial charge in [0.15, 0.2) is 5.65 Å². The van der Waals surface area contributed by atoms with E-state index in [4.69, 9.17) is 4.98 Å². The third kappa shape index (κ3) is 4.21. The van der Waals surface area contributed by atoms with Crippen LogP contribution < -0.4 is 5.32 Å². The molecule has 6 nitrogen and oxygen atoms in total. The summed E-state index contributed by atoms with van der Waals surface area (Å²) in [7, 11) is 5.85. The molecule has 158 valence electrons. The van der Waals surface area contributed by atoms with Crippen LogP contribution in [0.5, 0.6) is 0 Å². The number of pyridine rings is 1. The first kappa shape index (κ1) is 20.5. The fourth-order valence-electron chi connectivity index (χ4n) is 3.87. The summed E-state index contributed by atoms with van der Waals surface area (Å²) >= 11 is 0. The van der Waals surface area contributed by atoms with Crippen molar-refractivity contribution in [3.8, 4) is 0 Å². The molecule has 3 aromatic rings. The van der Waals surface area contributed by atoms with Crippen molar-refractivity contribution < 1.29 is 9.18 Å². The first-order valence-corrected chi connectivity index (χ1v) is 10.4. The molecule has 0 saturated heterocycles. The number of hydrogen-bond acceptors (Lipinski definition) is 4. The van der Waals surface area contributed by atoms with Crippen LogP contribution in [0.2, 0.25) is 0 Å². The molecule has 0 aliphatic heterocycles. The van der Waals surface area contributed by atoms with Gasteiger partial charge in [-0.2, -0.15) is 5.10 Å². The van der Waals surface area contributed by atoms with Gasteiger partial charge >= 0.3 is 0 Å². The molecule has 1 fully saturated rings. The maximum atomic E-state index is 13.4. The van der Waals surface area contributed by atoms with E-state index in [2.05, 4.69) is 15.3 Å². The molecular formula is C23H28FN5O. The summed E-state index contributed by atoms with van der Waals surface area (Å²) < 4.78 is 15.2. The number of amides is 1. The van der Waals surface area contributed by atoms with E-state index in [1.165, 1.54) is 12.1 Å². The quantitative estimate of drug-likeness (QED) is 0.646. The Bertz CT molecular complexity index is 1070. The number of carbonyl (C=O) groups excluding carboxylic acids is 1. The number of aromatic nitrogens is 3. The highest BCUT2D eigenvalue weighted by Gasteiger charge is 2.29. The zero-order chi connectivity index (χ0) is 21.4. The number of carbonyl (C=O) groups is 1. The number of benzene rings is 1. The molecule has 4 rings (SSSR count).